The van der Waals surface area contributed by atoms with Crippen LogP contribution in [0.15, 0.2) is 69.9 Å². The number of hydrogen-bond donors (Lipinski definition) is 1. The first-order chi connectivity index (χ1) is 13.5. The van der Waals surface area contributed by atoms with Gasteiger partial charge in [0.15, 0.2) is 5.71 Å². The fraction of sp³-hybridized carbons (Fsp3) is 0.158. The molecule has 1 aliphatic heterocycles. The van der Waals surface area contributed by atoms with Crippen molar-refractivity contribution >= 4 is 34.9 Å². The number of primary amides is 1. The highest BCUT2D eigenvalue weighted by atomic mass is 16.5. The molecule has 9 heteroatoms. The van der Waals surface area contributed by atoms with E-state index in [9.17, 15) is 14.4 Å². The minimum Gasteiger partial charge on any atom is -0.462 e. The molecule has 0 saturated carbocycles. The molecule has 1 atom stereocenters. The van der Waals surface area contributed by atoms with Gasteiger partial charge in [0, 0.05) is 0 Å². The summed E-state index contributed by atoms with van der Waals surface area (Å²) in [6.07, 6.45) is 0. The maximum absolute atomic E-state index is 12.6. The highest BCUT2D eigenvalue weighted by Crippen LogP contribution is 2.23. The molecule has 2 aromatic rings. The molecule has 0 fully saturated rings. The molecule has 28 heavy (non-hydrogen) atoms. The van der Waals surface area contributed by atoms with Crippen LogP contribution in [-0.4, -0.2) is 36.1 Å². The van der Waals surface area contributed by atoms with Crippen molar-refractivity contribution in [3.63, 3.8) is 0 Å². The average Bonchev–Trinajstić information content (AvgIpc) is 3.04. The largest absolute Gasteiger partial charge is 0.462 e. The van der Waals surface area contributed by atoms with Gasteiger partial charge in [0.2, 0.25) is 6.04 Å². The second kappa shape index (κ2) is 8.21. The molecular weight excluding hydrogens is 362 g/mol. The number of anilines is 1. The lowest BCUT2D eigenvalue weighted by Gasteiger charge is -2.11. The summed E-state index contributed by atoms with van der Waals surface area (Å²) >= 11 is 0. The molecule has 0 spiro atoms. The van der Waals surface area contributed by atoms with Crippen molar-refractivity contribution in [1.82, 2.24) is 0 Å². The summed E-state index contributed by atoms with van der Waals surface area (Å²) < 4.78 is 4.91. The molecule has 2 amide bonds. The van der Waals surface area contributed by atoms with E-state index in [1.54, 1.807) is 49.4 Å². The first-order valence-electron chi connectivity index (χ1n) is 8.46. The van der Waals surface area contributed by atoms with Gasteiger partial charge in [-0.05, 0) is 43.3 Å². The van der Waals surface area contributed by atoms with Crippen LogP contribution in [0.5, 0.6) is 0 Å². The number of ether oxygens (including phenoxy) is 1. The zero-order chi connectivity index (χ0) is 20.1. The lowest BCUT2D eigenvalue weighted by Crippen LogP contribution is -2.35. The zero-order valence-corrected chi connectivity index (χ0v) is 15.0. The third-order valence-electron chi connectivity index (χ3n) is 3.83. The van der Waals surface area contributed by atoms with Gasteiger partial charge in [-0.1, -0.05) is 18.2 Å². The maximum atomic E-state index is 12.6. The fourth-order valence-corrected chi connectivity index (χ4v) is 2.49. The van der Waals surface area contributed by atoms with Crippen LogP contribution in [0.3, 0.4) is 0 Å². The maximum Gasteiger partial charge on any atom is 0.338 e. The van der Waals surface area contributed by atoms with Gasteiger partial charge in [-0.15, -0.1) is 0 Å². The summed E-state index contributed by atoms with van der Waals surface area (Å²) in [5.41, 5.74) is 6.39. The SMILES string of the molecule is CCOC(=O)c1ccc(N=NC2C(=O)N(c3ccccc3)N=C2C(N)=O)cc1. The Bertz CT molecular complexity index is 954. The number of azo groups is 1. The highest BCUT2D eigenvalue weighted by molar-refractivity contribution is 6.47. The Morgan fingerprint density at radius 3 is 2.43 bits per heavy atom. The van der Waals surface area contributed by atoms with E-state index in [1.165, 1.54) is 12.1 Å². The molecule has 0 aromatic heterocycles. The number of esters is 1. The number of nitrogens with two attached hydrogens (primary N) is 1. The molecule has 0 radical (unpaired) electrons. The van der Waals surface area contributed by atoms with Crippen molar-refractivity contribution in [2.45, 2.75) is 13.0 Å². The molecule has 1 unspecified atom stereocenters. The van der Waals surface area contributed by atoms with E-state index in [1.807, 2.05) is 0 Å². The van der Waals surface area contributed by atoms with Crippen LogP contribution in [0.2, 0.25) is 0 Å². The van der Waals surface area contributed by atoms with Crippen LogP contribution in [0.4, 0.5) is 11.4 Å². The molecule has 3 rings (SSSR count). The topological polar surface area (TPSA) is 127 Å². The Kier molecular flexibility index (Phi) is 5.54. The van der Waals surface area contributed by atoms with Gasteiger partial charge in [-0.25, -0.2) is 4.79 Å². The van der Waals surface area contributed by atoms with E-state index in [0.29, 0.717) is 16.9 Å². The monoisotopic (exact) mass is 379 g/mol. The Morgan fingerprint density at radius 1 is 1.14 bits per heavy atom. The van der Waals surface area contributed by atoms with E-state index in [-0.39, 0.29) is 12.3 Å². The summed E-state index contributed by atoms with van der Waals surface area (Å²) in [5.74, 6) is -1.83. The number of nitrogens with zero attached hydrogens (tertiary/aromatic N) is 4. The summed E-state index contributed by atoms with van der Waals surface area (Å²) in [7, 11) is 0. The molecule has 1 heterocycles. The number of para-hydroxylation sites is 1. The van der Waals surface area contributed by atoms with E-state index in [4.69, 9.17) is 10.5 Å². The van der Waals surface area contributed by atoms with E-state index in [0.717, 1.165) is 5.01 Å². The van der Waals surface area contributed by atoms with Gasteiger partial charge in [0.1, 0.15) is 0 Å². The number of carbonyl (C=O) groups excluding carboxylic acids is 3. The zero-order valence-electron chi connectivity index (χ0n) is 15.0. The number of rotatable bonds is 6. The predicted octanol–water partition coefficient (Wildman–Crippen LogP) is 2.20. The molecular formula is C19H17N5O4. The third-order valence-corrected chi connectivity index (χ3v) is 3.83. The van der Waals surface area contributed by atoms with E-state index >= 15 is 0 Å². The normalized spacial score (nSPS) is 16.3. The van der Waals surface area contributed by atoms with E-state index < -0.39 is 23.8 Å². The number of hydrazone groups is 1. The number of carbonyl (C=O) groups is 3. The summed E-state index contributed by atoms with van der Waals surface area (Å²) in [5, 5.41) is 13.0. The van der Waals surface area contributed by atoms with Crippen molar-refractivity contribution in [1.29, 1.82) is 0 Å². The van der Waals surface area contributed by atoms with E-state index in [2.05, 4.69) is 15.3 Å². The van der Waals surface area contributed by atoms with Gasteiger partial charge in [-0.3, -0.25) is 9.59 Å². The Morgan fingerprint density at radius 2 is 1.82 bits per heavy atom. The van der Waals surface area contributed by atoms with Crippen LogP contribution >= 0.6 is 0 Å². The van der Waals surface area contributed by atoms with Crippen molar-refractivity contribution in [3.05, 3.63) is 60.2 Å². The van der Waals surface area contributed by atoms with Gasteiger partial charge in [0.25, 0.3) is 11.8 Å². The third kappa shape index (κ3) is 3.93. The fourth-order valence-electron chi connectivity index (χ4n) is 2.49. The van der Waals surface area contributed by atoms with Crippen LogP contribution in [0.1, 0.15) is 17.3 Å². The summed E-state index contributed by atoms with van der Waals surface area (Å²) in [4.78, 5) is 36.0. The number of amides is 2. The molecule has 2 aromatic carbocycles. The second-order valence-electron chi connectivity index (χ2n) is 5.72. The minimum absolute atomic E-state index is 0.194. The smallest absolute Gasteiger partial charge is 0.338 e. The van der Waals surface area contributed by atoms with Gasteiger partial charge in [-0.2, -0.15) is 20.3 Å². The highest BCUT2D eigenvalue weighted by Gasteiger charge is 2.40. The first-order valence-corrected chi connectivity index (χ1v) is 8.46. The van der Waals surface area contributed by atoms with Crippen molar-refractivity contribution in [3.8, 4) is 0 Å². The van der Waals surface area contributed by atoms with Crippen molar-refractivity contribution in [2.24, 2.45) is 21.1 Å². The van der Waals surface area contributed by atoms with Crippen molar-refractivity contribution < 1.29 is 19.1 Å². The summed E-state index contributed by atoms with van der Waals surface area (Å²) in [6, 6.07) is 13.5. The Balaban J connectivity index is 1.80. The molecule has 142 valence electrons. The molecule has 2 N–H and O–H groups in total. The molecule has 1 aliphatic rings. The summed E-state index contributed by atoms with van der Waals surface area (Å²) in [6.45, 7) is 1.99. The van der Waals surface area contributed by atoms with Gasteiger partial charge in [0.05, 0.1) is 23.5 Å². The van der Waals surface area contributed by atoms with Gasteiger partial charge >= 0.3 is 5.97 Å². The van der Waals surface area contributed by atoms with Crippen LogP contribution in [-0.2, 0) is 14.3 Å². The lowest BCUT2D eigenvalue weighted by molar-refractivity contribution is -0.118. The quantitative estimate of drug-likeness (QED) is 0.609. The van der Waals surface area contributed by atoms with Gasteiger partial charge < -0.3 is 10.5 Å². The predicted molar refractivity (Wildman–Crippen MR) is 101 cm³/mol. The molecule has 0 saturated heterocycles. The van der Waals surface area contributed by atoms with Crippen LogP contribution in [0.25, 0.3) is 0 Å². The number of benzene rings is 2. The number of hydrogen-bond acceptors (Lipinski definition) is 7. The standard InChI is InChI=1S/C19H17N5O4/c1-2-28-19(27)12-8-10-13(11-9-12)21-22-16-15(17(20)25)23-24(18(16)26)14-6-4-3-5-7-14/h3-11,16H,2H2,1H3,(H2,20,25). The first kappa shape index (κ1) is 18.9. The van der Waals surface area contributed by atoms with Crippen molar-refractivity contribution in [2.75, 3.05) is 11.6 Å². The average molecular weight is 379 g/mol. The lowest BCUT2D eigenvalue weighted by atomic mass is 10.2. The van der Waals surface area contributed by atoms with Crippen LogP contribution < -0.4 is 10.7 Å². The minimum atomic E-state index is -1.23. The molecule has 9 nitrogen and oxygen atoms in total. The Labute approximate surface area is 160 Å². The molecule has 0 bridgehead atoms. The van der Waals surface area contributed by atoms with Crippen LogP contribution in [0, 0.1) is 0 Å². The second-order valence-corrected chi connectivity index (χ2v) is 5.72. The molecule has 0 aliphatic carbocycles. The Hall–Kier alpha value is -3.88.